The van der Waals surface area contributed by atoms with Gasteiger partial charge in [0.1, 0.15) is 7.85 Å². The number of rotatable bonds is 9. The van der Waals surface area contributed by atoms with Crippen LogP contribution < -0.4 is 0 Å². The molecule has 1 heterocycles. The minimum absolute atomic E-state index is 0.115. The Hall–Kier alpha value is -4.15. The number of nitrogens with zero attached hydrogens (tertiary/aromatic N) is 2. The summed E-state index contributed by atoms with van der Waals surface area (Å²) in [6.07, 6.45) is 8.02. The molecule has 0 radical (unpaired) electrons. The molecule has 0 saturated carbocycles. The maximum atomic E-state index is 4.35. The molecule has 194 valence electrons. The Bertz CT molecular complexity index is 1340. The van der Waals surface area contributed by atoms with Gasteiger partial charge in [0.25, 0.3) is 0 Å². The van der Waals surface area contributed by atoms with Gasteiger partial charge in [-0.05, 0) is 33.7 Å². The van der Waals surface area contributed by atoms with Gasteiger partial charge in [-0.25, -0.2) is 4.98 Å². The maximum absolute atomic E-state index is 4.35. The lowest BCUT2D eigenvalue weighted by Gasteiger charge is -2.37. The van der Waals surface area contributed by atoms with Crippen LogP contribution in [0.4, 0.5) is 0 Å². The highest BCUT2D eigenvalue weighted by atomic mass is 28.2. The van der Waals surface area contributed by atoms with Crippen molar-refractivity contribution < 1.29 is 0 Å². The summed E-state index contributed by atoms with van der Waals surface area (Å²) in [6, 6.07) is 43.8. The fraction of sp³-hybridized carbons (Fsp3) is 0.114. The molecule has 39 heavy (non-hydrogen) atoms. The molecule has 5 aromatic rings. The first-order valence-corrected chi connectivity index (χ1v) is 15.4. The molecule has 1 unspecified atom stereocenters. The predicted molar refractivity (Wildman–Crippen MR) is 173 cm³/mol. The van der Waals surface area contributed by atoms with Crippen molar-refractivity contribution in [3.63, 3.8) is 0 Å². The predicted octanol–water partition coefficient (Wildman–Crippen LogP) is 6.75. The van der Waals surface area contributed by atoms with Crippen LogP contribution in [0.5, 0.6) is 0 Å². The fourth-order valence-corrected chi connectivity index (χ4v) is 7.69. The molecule has 1 atom stereocenters. The van der Waals surface area contributed by atoms with Gasteiger partial charge >= 0.3 is 0 Å². The third kappa shape index (κ3) is 6.84. The molecule has 4 aromatic carbocycles. The van der Waals surface area contributed by atoms with Crippen molar-refractivity contribution in [1.82, 2.24) is 9.55 Å². The number of allylic oxidation sites excluding steroid dienone is 1. The normalized spacial score (nSPS) is 11.8. The number of hydrogen-bond acceptors (Lipinski definition) is 1. The largest absolute Gasteiger partial charge is 0.327 e. The average Bonchev–Trinajstić information content (AvgIpc) is 3.56. The van der Waals surface area contributed by atoms with E-state index >= 15 is 0 Å². The zero-order chi connectivity index (χ0) is 27.3. The van der Waals surface area contributed by atoms with Crippen molar-refractivity contribution >= 4 is 22.9 Å². The van der Waals surface area contributed by atoms with Crippen LogP contribution in [-0.2, 0) is 5.16 Å². The summed E-state index contributed by atoms with van der Waals surface area (Å²) >= 11 is 0. The van der Waals surface area contributed by atoms with E-state index in [2.05, 4.69) is 158 Å². The molecule has 0 aliphatic rings. The van der Waals surface area contributed by atoms with E-state index in [4.69, 9.17) is 0 Å². The Morgan fingerprint density at radius 3 is 1.67 bits per heavy atom. The molecule has 0 spiro atoms. The molecule has 0 fully saturated rings. The van der Waals surface area contributed by atoms with Crippen LogP contribution in [0.3, 0.4) is 0 Å². The van der Waals surface area contributed by atoms with Crippen molar-refractivity contribution in [3.8, 4) is 0 Å². The number of hydrogen-bond donors (Lipinski definition) is 0. The van der Waals surface area contributed by atoms with E-state index in [-0.39, 0.29) is 5.16 Å². The summed E-state index contributed by atoms with van der Waals surface area (Å²) in [5.41, 5.74) is 6.52. The highest BCUT2D eigenvalue weighted by Crippen LogP contribution is 2.34. The van der Waals surface area contributed by atoms with Crippen LogP contribution in [0.25, 0.3) is 5.57 Å². The zero-order valence-corrected chi connectivity index (χ0v) is 24.4. The Labute approximate surface area is 237 Å². The van der Waals surface area contributed by atoms with E-state index in [1.165, 1.54) is 33.9 Å². The highest BCUT2D eigenvalue weighted by molar-refractivity contribution is 6.41. The van der Waals surface area contributed by atoms with E-state index in [9.17, 15) is 0 Å². The molecule has 0 N–H and O–H groups in total. The van der Waals surface area contributed by atoms with E-state index in [0.717, 1.165) is 0 Å². The molecular formula is C35H37BN2Si. The fourth-order valence-electron chi connectivity index (χ4n) is 5.09. The van der Waals surface area contributed by atoms with Gasteiger partial charge in [0, 0.05) is 12.4 Å². The van der Waals surface area contributed by atoms with Crippen molar-refractivity contribution in [1.29, 1.82) is 0 Å². The Kier molecular flexibility index (Phi) is 10.1. The summed E-state index contributed by atoms with van der Waals surface area (Å²) in [6.45, 7) is 6.23. The number of aromatic nitrogens is 2. The number of benzene rings is 4. The van der Waals surface area contributed by atoms with Crippen molar-refractivity contribution in [3.05, 3.63) is 181 Å². The van der Waals surface area contributed by atoms with Gasteiger partial charge in [0.2, 0.25) is 0 Å². The lowest BCUT2D eigenvalue weighted by molar-refractivity contribution is 0.585. The zero-order valence-electron chi connectivity index (χ0n) is 23.0. The van der Waals surface area contributed by atoms with E-state index in [1.54, 1.807) is 0 Å². The summed E-state index contributed by atoms with van der Waals surface area (Å²) < 4.78 is 2.31. The topological polar surface area (TPSA) is 17.8 Å². The van der Waals surface area contributed by atoms with Crippen LogP contribution in [0.15, 0.2) is 159 Å². The SMILES string of the molecule is BC=C(c1ccccc1)c1ccccc1.C=CC(C)C[SiH2]C(c1ccccc1)(c1ccccc1)n1ccnc1. The maximum Gasteiger partial charge on any atom is 0.130 e. The second kappa shape index (κ2) is 14.1. The first-order valence-electron chi connectivity index (χ1n) is 13.7. The first kappa shape index (κ1) is 27.9. The molecule has 0 aliphatic heterocycles. The van der Waals surface area contributed by atoms with Crippen LogP contribution >= 0.6 is 0 Å². The average molecular weight is 525 g/mol. The molecule has 0 saturated heterocycles. The van der Waals surface area contributed by atoms with Crippen molar-refractivity contribution in [2.24, 2.45) is 5.92 Å². The summed E-state index contributed by atoms with van der Waals surface area (Å²) in [7, 11) is 1.52. The Morgan fingerprint density at radius 1 is 0.821 bits per heavy atom. The third-order valence-corrected chi connectivity index (χ3v) is 10.4. The third-order valence-electron chi connectivity index (χ3n) is 7.27. The van der Waals surface area contributed by atoms with Crippen molar-refractivity contribution in [2.45, 2.75) is 18.1 Å². The summed E-state index contributed by atoms with van der Waals surface area (Å²) in [5.74, 6) is 2.69. The lowest BCUT2D eigenvalue weighted by Crippen LogP contribution is -2.42. The van der Waals surface area contributed by atoms with Crippen molar-refractivity contribution in [2.75, 3.05) is 0 Å². The van der Waals surface area contributed by atoms with E-state index < -0.39 is 9.52 Å². The molecule has 0 aliphatic carbocycles. The van der Waals surface area contributed by atoms with E-state index in [0.29, 0.717) is 5.92 Å². The Balaban J connectivity index is 0.000000202. The molecule has 1 aromatic heterocycles. The lowest BCUT2D eigenvalue weighted by atomic mass is 9.92. The van der Waals surface area contributed by atoms with Gasteiger partial charge in [-0.15, -0.1) is 12.6 Å². The van der Waals surface area contributed by atoms with Gasteiger partial charge in [-0.3, -0.25) is 0 Å². The van der Waals surface area contributed by atoms with Gasteiger partial charge in [-0.2, -0.15) is 0 Å². The minimum Gasteiger partial charge on any atom is -0.327 e. The number of imidazole rings is 1. The monoisotopic (exact) mass is 524 g/mol. The van der Waals surface area contributed by atoms with E-state index in [1.807, 2.05) is 24.7 Å². The smallest absolute Gasteiger partial charge is 0.130 e. The molecular weight excluding hydrogens is 487 g/mol. The summed E-state index contributed by atoms with van der Waals surface area (Å²) in [4.78, 5) is 4.35. The van der Waals surface area contributed by atoms with Gasteiger partial charge < -0.3 is 4.57 Å². The quantitative estimate of drug-likeness (QED) is 0.154. The second-order valence-corrected chi connectivity index (χ2v) is 11.8. The molecule has 2 nitrogen and oxygen atoms in total. The Morgan fingerprint density at radius 2 is 1.28 bits per heavy atom. The van der Waals surface area contributed by atoms with Gasteiger partial charge in [0.05, 0.1) is 21.0 Å². The second-order valence-electron chi connectivity index (χ2n) is 9.75. The summed E-state index contributed by atoms with van der Waals surface area (Å²) in [5, 5.41) is -0.115. The first-order chi connectivity index (χ1) is 19.2. The molecule has 0 amide bonds. The minimum atomic E-state index is -0.554. The standard InChI is InChI=1S/C21H24N2Si.C14H13B/c1-3-18(2)16-24-21(23-15-14-22-17-23,19-10-6-4-7-11-19)20-12-8-5-9-13-20;15-11-14(12-7-3-1-4-8-12)13-9-5-2-6-10-13/h3-15,17-18H,1,16,24H2,2H3;1-11H,15H2. The molecule has 4 heteroatoms. The molecule has 5 rings (SSSR count). The van der Waals surface area contributed by atoms with Crippen LogP contribution in [0, 0.1) is 5.92 Å². The van der Waals surface area contributed by atoms with Crippen LogP contribution in [0.1, 0.15) is 29.2 Å². The van der Waals surface area contributed by atoms with Crippen LogP contribution in [-0.4, -0.2) is 26.9 Å². The highest BCUT2D eigenvalue weighted by Gasteiger charge is 2.35. The molecule has 0 bridgehead atoms. The van der Waals surface area contributed by atoms with Gasteiger partial charge in [-0.1, -0.05) is 140 Å². The van der Waals surface area contributed by atoms with Gasteiger partial charge in [0.15, 0.2) is 0 Å². The van der Waals surface area contributed by atoms with Crippen LogP contribution in [0.2, 0.25) is 6.04 Å².